The van der Waals surface area contributed by atoms with Gasteiger partial charge in [0.2, 0.25) is 11.7 Å². The number of ether oxygens (including phenoxy) is 2. The van der Waals surface area contributed by atoms with Gasteiger partial charge in [-0.2, -0.15) is 0 Å². The van der Waals surface area contributed by atoms with E-state index in [0.717, 1.165) is 0 Å². The number of anilines is 1. The topological polar surface area (TPSA) is 67.8 Å². The fourth-order valence-corrected chi connectivity index (χ4v) is 1.86. The molecule has 0 spiro atoms. The fourth-order valence-electron chi connectivity index (χ4n) is 1.86. The van der Waals surface area contributed by atoms with Crippen LogP contribution >= 0.6 is 0 Å². The Balaban J connectivity index is 1.98. The molecular weight excluding hydrogens is 246 g/mol. The molecule has 0 aliphatic carbocycles. The van der Waals surface area contributed by atoms with Gasteiger partial charge >= 0.3 is 0 Å². The summed E-state index contributed by atoms with van der Waals surface area (Å²) in [6.45, 7) is 5.32. The highest BCUT2D eigenvalue weighted by molar-refractivity contribution is 5.91. The van der Waals surface area contributed by atoms with Gasteiger partial charge in [-0.15, -0.1) is 0 Å². The fraction of sp³-hybridized carbons (Fsp3) is 0.500. The van der Waals surface area contributed by atoms with Gasteiger partial charge in [0.15, 0.2) is 11.5 Å². The molecule has 0 bridgehead atoms. The minimum atomic E-state index is -0.669. The summed E-state index contributed by atoms with van der Waals surface area (Å²) < 4.78 is 11.2. The van der Waals surface area contributed by atoms with Crippen molar-refractivity contribution in [1.82, 2.24) is 0 Å². The van der Waals surface area contributed by atoms with Crippen LogP contribution in [0.15, 0.2) is 18.2 Å². The van der Waals surface area contributed by atoms with Gasteiger partial charge in [0.1, 0.15) is 0 Å². The number of aliphatic hydroxyl groups is 1. The summed E-state index contributed by atoms with van der Waals surface area (Å²) in [6, 6.07) is 5.28. The summed E-state index contributed by atoms with van der Waals surface area (Å²) in [5.41, 5.74) is 0.663. The van der Waals surface area contributed by atoms with Crippen LogP contribution in [0.3, 0.4) is 0 Å². The van der Waals surface area contributed by atoms with Crippen molar-refractivity contribution in [2.75, 3.05) is 5.32 Å². The third-order valence-electron chi connectivity index (χ3n) is 2.73. The van der Waals surface area contributed by atoms with Crippen molar-refractivity contribution < 1.29 is 19.4 Å². The zero-order valence-corrected chi connectivity index (χ0v) is 11.4. The molecule has 0 radical (unpaired) electrons. The largest absolute Gasteiger partial charge is 0.449 e. The van der Waals surface area contributed by atoms with Crippen LogP contribution in [0.4, 0.5) is 5.69 Å². The molecule has 0 aromatic heterocycles. The number of fused-ring (bicyclic) bond motifs is 1. The Kier molecular flexibility index (Phi) is 3.66. The van der Waals surface area contributed by atoms with E-state index in [1.54, 1.807) is 25.1 Å². The Labute approximate surface area is 112 Å². The third kappa shape index (κ3) is 3.61. The highest BCUT2D eigenvalue weighted by atomic mass is 16.7. The van der Waals surface area contributed by atoms with Crippen LogP contribution in [-0.2, 0) is 4.79 Å². The summed E-state index contributed by atoms with van der Waals surface area (Å²) in [5, 5.41) is 11.9. The van der Waals surface area contributed by atoms with Crippen LogP contribution in [0.2, 0.25) is 0 Å². The molecule has 0 fully saturated rings. The number of amides is 1. The van der Waals surface area contributed by atoms with Crippen molar-refractivity contribution in [3.63, 3.8) is 0 Å². The van der Waals surface area contributed by atoms with Gasteiger partial charge in [0, 0.05) is 32.0 Å². The number of hydrogen-bond acceptors (Lipinski definition) is 4. The normalized spacial score (nSPS) is 17.1. The molecule has 5 nitrogen and oxygen atoms in total. The lowest BCUT2D eigenvalue weighted by Crippen LogP contribution is -2.29. The summed E-state index contributed by atoms with van der Waals surface area (Å²) >= 11 is 0. The van der Waals surface area contributed by atoms with Crippen LogP contribution in [-0.4, -0.2) is 22.9 Å². The molecule has 0 saturated carbocycles. The van der Waals surface area contributed by atoms with Crippen molar-refractivity contribution >= 4 is 11.6 Å². The number of benzene rings is 1. The number of carbonyl (C=O) groups excluding carboxylic acids is 1. The number of aliphatic hydroxyl groups excluding tert-OH is 1. The van der Waals surface area contributed by atoms with Crippen molar-refractivity contribution in [3.8, 4) is 11.5 Å². The van der Waals surface area contributed by atoms with Crippen molar-refractivity contribution in [2.24, 2.45) is 0 Å². The molecule has 1 amide bonds. The van der Waals surface area contributed by atoms with E-state index < -0.39 is 11.9 Å². The summed E-state index contributed by atoms with van der Waals surface area (Å²) in [6.07, 6.45) is 0.268. The van der Waals surface area contributed by atoms with Gasteiger partial charge in [-0.25, -0.2) is 0 Å². The molecule has 104 valence electrons. The van der Waals surface area contributed by atoms with E-state index in [2.05, 4.69) is 5.32 Å². The molecular formula is C14H19NO4. The van der Waals surface area contributed by atoms with Gasteiger partial charge in [-0.05, 0) is 25.5 Å². The lowest BCUT2D eigenvalue weighted by molar-refractivity contribution is -0.116. The van der Waals surface area contributed by atoms with Crippen LogP contribution < -0.4 is 14.8 Å². The number of nitrogens with one attached hydrogen (secondary N) is 1. The second-order valence-corrected chi connectivity index (χ2v) is 5.20. The van der Waals surface area contributed by atoms with E-state index in [4.69, 9.17) is 14.6 Å². The zero-order valence-electron chi connectivity index (χ0n) is 11.4. The van der Waals surface area contributed by atoms with Crippen LogP contribution in [0.25, 0.3) is 0 Å². The van der Waals surface area contributed by atoms with Crippen molar-refractivity contribution in [3.05, 3.63) is 18.2 Å². The maximum Gasteiger partial charge on any atom is 0.246 e. The van der Waals surface area contributed by atoms with E-state index in [0.29, 0.717) is 23.6 Å². The lowest BCUT2D eigenvalue weighted by Gasteiger charge is -2.16. The van der Waals surface area contributed by atoms with Gasteiger partial charge in [0.05, 0.1) is 6.10 Å². The first kappa shape index (κ1) is 13.7. The summed E-state index contributed by atoms with van der Waals surface area (Å²) in [5.74, 6) is 0.501. The van der Waals surface area contributed by atoms with Crippen LogP contribution in [0.5, 0.6) is 11.5 Å². The zero-order chi connectivity index (χ0) is 14.0. The monoisotopic (exact) mass is 265 g/mol. The van der Waals surface area contributed by atoms with Gasteiger partial charge in [-0.1, -0.05) is 0 Å². The molecule has 5 heteroatoms. The molecule has 1 unspecified atom stereocenters. The maximum atomic E-state index is 11.7. The minimum Gasteiger partial charge on any atom is -0.449 e. The lowest BCUT2D eigenvalue weighted by atomic mass is 10.2. The van der Waals surface area contributed by atoms with E-state index in [1.807, 2.05) is 13.8 Å². The highest BCUT2D eigenvalue weighted by Gasteiger charge is 2.31. The SMILES string of the molecule is CC(O)CCC(=O)Nc1ccc2c(c1)OC(C)(C)O2. The molecule has 2 N–H and O–H groups in total. The summed E-state index contributed by atoms with van der Waals surface area (Å²) in [4.78, 5) is 11.7. The average Bonchev–Trinajstić information content (AvgIpc) is 2.59. The molecule has 19 heavy (non-hydrogen) atoms. The van der Waals surface area contributed by atoms with Crippen LogP contribution in [0, 0.1) is 0 Å². The molecule has 1 atom stereocenters. The van der Waals surface area contributed by atoms with E-state index in [9.17, 15) is 4.79 Å². The third-order valence-corrected chi connectivity index (χ3v) is 2.73. The smallest absolute Gasteiger partial charge is 0.246 e. The van der Waals surface area contributed by atoms with Gasteiger partial charge < -0.3 is 19.9 Å². The standard InChI is InChI=1S/C14H19NO4/c1-9(16)4-7-13(17)15-10-5-6-11-12(8-10)19-14(2,3)18-11/h5-6,8-9,16H,4,7H2,1-3H3,(H,15,17). The molecule has 1 aromatic rings. The summed E-state index contributed by atoms with van der Waals surface area (Å²) in [7, 11) is 0. The Hall–Kier alpha value is -1.75. The number of hydrogen-bond donors (Lipinski definition) is 2. The van der Waals surface area contributed by atoms with Crippen molar-refractivity contribution in [2.45, 2.75) is 45.5 Å². The van der Waals surface area contributed by atoms with E-state index >= 15 is 0 Å². The second-order valence-electron chi connectivity index (χ2n) is 5.20. The molecule has 2 rings (SSSR count). The maximum absolute atomic E-state index is 11.7. The molecule has 1 aromatic carbocycles. The first-order chi connectivity index (χ1) is 8.85. The molecule has 1 heterocycles. The van der Waals surface area contributed by atoms with Gasteiger partial charge in [-0.3, -0.25) is 4.79 Å². The van der Waals surface area contributed by atoms with E-state index in [-0.39, 0.29) is 12.3 Å². The van der Waals surface area contributed by atoms with E-state index in [1.165, 1.54) is 0 Å². The van der Waals surface area contributed by atoms with Crippen molar-refractivity contribution in [1.29, 1.82) is 0 Å². The van der Waals surface area contributed by atoms with Gasteiger partial charge in [0.25, 0.3) is 0 Å². The number of carbonyl (C=O) groups is 1. The number of rotatable bonds is 4. The average molecular weight is 265 g/mol. The first-order valence-electron chi connectivity index (χ1n) is 6.36. The Bertz CT molecular complexity index is 482. The molecule has 1 aliphatic heterocycles. The highest BCUT2D eigenvalue weighted by Crippen LogP contribution is 2.40. The second kappa shape index (κ2) is 5.09. The predicted octanol–water partition coefficient (Wildman–Crippen LogP) is 2.29. The first-order valence-corrected chi connectivity index (χ1v) is 6.36. The quantitative estimate of drug-likeness (QED) is 0.876. The molecule has 0 saturated heterocycles. The minimum absolute atomic E-state index is 0.126. The molecule has 1 aliphatic rings. The Morgan fingerprint density at radius 2 is 2.05 bits per heavy atom. The van der Waals surface area contributed by atoms with Crippen LogP contribution in [0.1, 0.15) is 33.6 Å². The predicted molar refractivity (Wildman–Crippen MR) is 71.3 cm³/mol. The Morgan fingerprint density at radius 3 is 2.74 bits per heavy atom. The Morgan fingerprint density at radius 1 is 1.37 bits per heavy atom.